The molecule has 1 aromatic carbocycles. The second-order valence-electron chi connectivity index (χ2n) is 6.39. The van der Waals surface area contributed by atoms with Crippen molar-refractivity contribution in [2.24, 2.45) is 5.92 Å². The standard InChI is InChI=1S/C17H22ClFN2O2/c1-11-8-13(4-5-20-11)17(22)21-6-7-23-16(10-21)12-2-3-15(19)14(18)9-12/h2-3,9,11,13,16,20H,4-8,10H2,1H3/t11-,13-,16?/m0/s1. The summed E-state index contributed by atoms with van der Waals surface area (Å²) in [5.41, 5.74) is 0.813. The lowest BCUT2D eigenvalue weighted by Gasteiger charge is -2.37. The first kappa shape index (κ1) is 16.7. The van der Waals surface area contributed by atoms with E-state index in [1.54, 1.807) is 12.1 Å². The van der Waals surface area contributed by atoms with Crippen LogP contribution in [0.3, 0.4) is 0 Å². The van der Waals surface area contributed by atoms with Crippen LogP contribution in [0.1, 0.15) is 31.4 Å². The van der Waals surface area contributed by atoms with Crippen LogP contribution >= 0.6 is 11.6 Å². The molecule has 0 aromatic heterocycles. The van der Waals surface area contributed by atoms with Crippen molar-refractivity contribution in [3.05, 3.63) is 34.6 Å². The van der Waals surface area contributed by atoms with Gasteiger partial charge in [-0.15, -0.1) is 0 Å². The van der Waals surface area contributed by atoms with Crippen LogP contribution in [0.15, 0.2) is 18.2 Å². The van der Waals surface area contributed by atoms with Gasteiger partial charge in [-0.3, -0.25) is 4.79 Å². The molecular formula is C17H22ClFN2O2. The Labute approximate surface area is 140 Å². The van der Waals surface area contributed by atoms with E-state index in [9.17, 15) is 9.18 Å². The van der Waals surface area contributed by atoms with Gasteiger partial charge < -0.3 is 15.0 Å². The van der Waals surface area contributed by atoms with Gasteiger partial charge in [0, 0.05) is 18.5 Å². The summed E-state index contributed by atoms with van der Waals surface area (Å²) in [6, 6.07) is 4.98. The lowest BCUT2D eigenvalue weighted by atomic mass is 9.91. The number of nitrogens with zero attached hydrogens (tertiary/aromatic N) is 1. The normalized spacial score (nSPS) is 28.7. The van der Waals surface area contributed by atoms with E-state index >= 15 is 0 Å². The van der Waals surface area contributed by atoms with Crippen LogP contribution in [0.2, 0.25) is 5.02 Å². The van der Waals surface area contributed by atoms with Crippen LogP contribution in [-0.2, 0) is 9.53 Å². The van der Waals surface area contributed by atoms with Gasteiger partial charge in [-0.25, -0.2) is 4.39 Å². The second-order valence-corrected chi connectivity index (χ2v) is 6.80. The minimum Gasteiger partial charge on any atom is -0.370 e. The van der Waals surface area contributed by atoms with E-state index in [0.29, 0.717) is 25.7 Å². The monoisotopic (exact) mass is 340 g/mol. The van der Waals surface area contributed by atoms with Crippen molar-refractivity contribution in [1.82, 2.24) is 10.2 Å². The topological polar surface area (TPSA) is 41.6 Å². The molecule has 6 heteroatoms. The third-order valence-corrected chi connectivity index (χ3v) is 4.96. The molecule has 2 aliphatic rings. The highest BCUT2D eigenvalue weighted by Crippen LogP contribution is 2.28. The molecule has 1 aromatic rings. The Bertz CT molecular complexity index is 584. The highest BCUT2D eigenvalue weighted by Gasteiger charge is 2.32. The third-order valence-electron chi connectivity index (χ3n) is 4.67. The maximum absolute atomic E-state index is 13.3. The van der Waals surface area contributed by atoms with Gasteiger partial charge in [0.25, 0.3) is 0 Å². The van der Waals surface area contributed by atoms with Gasteiger partial charge in [0.05, 0.1) is 18.2 Å². The Hall–Kier alpha value is -1.17. The summed E-state index contributed by atoms with van der Waals surface area (Å²) in [6.45, 7) is 4.61. The average Bonchev–Trinajstić information content (AvgIpc) is 2.57. The molecule has 1 N–H and O–H groups in total. The molecule has 0 radical (unpaired) electrons. The number of hydrogen-bond donors (Lipinski definition) is 1. The molecule has 23 heavy (non-hydrogen) atoms. The number of carbonyl (C=O) groups is 1. The second kappa shape index (κ2) is 7.16. The minimum absolute atomic E-state index is 0.0849. The van der Waals surface area contributed by atoms with Gasteiger partial charge >= 0.3 is 0 Å². The van der Waals surface area contributed by atoms with Gasteiger partial charge in [-0.1, -0.05) is 17.7 Å². The largest absolute Gasteiger partial charge is 0.370 e. The number of morpholine rings is 1. The SMILES string of the molecule is C[C@H]1C[C@@H](C(=O)N2CCOC(c3ccc(F)c(Cl)c3)C2)CCN1. The van der Waals surface area contributed by atoms with Crippen molar-refractivity contribution in [2.75, 3.05) is 26.2 Å². The molecule has 1 unspecified atom stereocenters. The van der Waals surface area contributed by atoms with E-state index in [0.717, 1.165) is 24.9 Å². The summed E-state index contributed by atoms with van der Waals surface area (Å²) < 4.78 is 19.1. The van der Waals surface area contributed by atoms with Crippen molar-refractivity contribution in [3.8, 4) is 0 Å². The van der Waals surface area contributed by atoms with Crippen molar-refractivity contribution in [2.45, 2.75) is 31.9 Å². The minimum atomic E-state index is -0.442. The molecular weight excluding hydrogens is 319 g/mol. The Morgan fingerprint density at radius 2 is 2.30 bits per heavy atom. The van der Waals surface area contributed by atoms with E-state index in [2.05, 4.69) is 12.2 Å². The molecule has 2 aliphatic heterocycles. The smallest absolute Gasteiger partial charge is 0.225 e. The first-order valence-electron chi connectivity index (χ1n) is 8.13. The molecule has 0 spiro atoms. The van der Waals surface area contributed by atoms with Gasteiger partial charge in [-0.05, 0) is 44.0 Å². The van der Waals surface area contributed by atoms with Gasteiger partial charge in [-0.2, -0.15) is 0 Å². The van der Waals surface area contributed by atoms with Gasteiger partial charge in [0.2, 0.25) is 5.91 Å². The molecule has 1 amide bonds. The van der Waals surface area contributed by atoms with E-state index in [1.165, 1.54) is 6.07 Å². The number of nitrogens with one attached hydrogen (secondary N) is 1. The van der Waals surface area contributed by atoms with Crippen LogP contribution in [0.4, 0.5) is 4.39 Å². The average molecular weight is 341 g/mol. The van der Waals surface area contributed by atoms with E-state index in [-0.39, 0.29) is 23.0 Å². The van der Waals surface area contributed by atoms with E-state index in [4.69, 9.17) is 16.3 Å². The molecule has 4 nitrogen and oxygen atoms in total. The summed E-state index contributed by atoms with van der Waals surface area (Å²) in [5, 5.41) is 3.46. The predicted octanol–water partition coefficient (Wildman–Crippen LogP) is 2.77. The van der Waals surface area contributed by atoms with Crippen LogP contribution in [0.25, 0.3) is 0 Å². The van der Waals surface area contributed by atoms with Gasteiger partial charge in [0.15, 0.2) is 0 Å². The Balaban J connectivity index is 1.67. The Morgan fingerprint density at radius 3 is 3.04 bits per heavy atom. The molecule has 2 heterocycles. The number of benzene rings is 1. The summed E-state index contributed by atoms with van der Waals surface area (Å²) in [5.74, 6) is -0.149. The fourth-order valence-electron chi connectivity index (χ4n) is 3.38. The van der Waals surface area contributed by atoms with E-state index < -0.39 is 5.82 Å². The maximum atomic E-state index is 13.3. The molecule has 3 atom stereocenters. The zero-order valence-corrected chi connectivity index (χ0v) is 14.0. The lowest BCUT2D eigenvalue weighted by Crippen LogP contribution is -2.48. The molecule has 3 rings (SSSR count). The maximum Gasteiger partial charge on any atom is 0.225 e. The number of piperidine rings is 1. The molecule has 126 valence electrons. The molecule has 0 saturated carbocycles. The molecule has 2 fully saturated rings. The van der Waals surface area contributed by atoms with Crippen LogP contribution < -0.4 is 5.32 Å². The molecule has 2 saturated heterocycles. The third kappa shape index (κ3) is 3.84. The van der Waals surface area contributed by atoms with Gasteiger partial charge in [0.1, 0.15) is 11.9 Å². The molecule has 0 aliphatic carbocycles. The summed E-state index contributed by atoms with van der Waals surface area (Å²) >= 11 is 5.85. The number of carbonyl (C=O) groups excluding carboxylic acids is 1. The number of ether oxygens (including phenoxy) is 1. The number of halogens is 2. The van der Waals surface area contributed by atoms with Crippen molar-refractivity contribution in [3.63, 3.8) is 0 Å². The number of amides is 1. The highest BCUT2D eigenvalue weighted by atomic mass is 35.5. The van der Waals surface area contributed by atoms with Crippen LogP contribution in [0.5, 0.6) is 0 Å². The first-order chi connectivity index (χ1) is 11.0. The lowest BCUT2D eigenvalue weighted by molar-refractivity contribution is -0.144. The number of hydrogen-bond acceptors (Lipinski definition) is 3. The zero-order valence-electron chi connectivity index (χ0n) is 13.2. The summed E-state index contributed by atoms with van der Waals surface area (Å²) in [4.78, 5) is 14.6. The summed E-state index contributed by atoms with van der Waals surface area (Å²) in [6.07, 6.45) is 1.52. The fourth-order valence-corrected chi connectivity index (χ4v) is 3.57. The first-order valence-corrected chi connectivity index (χ1v) is 8.51. The highest BCUT2D eigenvalue weighted by molar-refractivity contribution is 6.30. The van der Waals surface area contributed by atoms with Crippen LogP contribution in [-0.4, -0.2) is 43.1 Å². The van der Waals surface area contributed by atoms with Crippen LogP contribution in [0, 0.1) is 11.7 Å². The number of rotatable bonds is 2. The molecule has 0 bridgehead atoms. The fraction of sp³-hybridized carbons (Fsp3) is 0.588. The quantitative estimate of drug-likeness (QED) is 0.900. The Morgan fingerprint density at radius 1 is 1.48 bits per heavy atom. The van der Waals surface area contributed by atoms with E-state index in [1.807, 2.05) is 4.90 Å². The zero-order chi connectivity index (χ0) is 16.4. The van der Waals surface area contributed by atoms with Crippen molar-refractivity contribution in [1.29, 1.82) is 0 Å². The predicted molar refractivity (Wildman–Crippen MR) is 86.9 cm³/mol. The van der Waals surface area contributed by atoms with Crippen molar-refractivity contribution >= 4 is 17.5 Å². The Kier molecular flexibility index (Phi) is 5.19. The summed E-state index contributed by atoms with van der Waals surface area (Å²) in [7, 11) is 0. The van der Waals surface area contributed by atoms with Crippen molar-refractivity contribution < 1.29 is 13.9 Å².